The standard InChI is InChI=1S/C19H19FN4O3S2/c1-9-4-5-14(13(20)6-9)29(26,27)12-7-24(8-12)19(25)17-16(21)15-10(2)11(3)22-23-18(15)28-17/h4-6,12H,7-8,21H2,1-3H3. The molecule has 29 heavy (non-hydrogen) atoms. The number of aromatic nitrogens is 2. The van der Waals surface area contributed by atoms with Gasteiger partial charge in [0.15, 0.2) is 9.84 Å². The van der Waals surface area contributed by atoms with E-state index in [1.54, 1.807) is 13.0 Å². The van der Waals surface area contributed by atoms with Gasteiger partial charge in [-0.1, -0.05) is 6.07 Å². The molecule has 2 N–H and O–H groups in total. The van der Waals surface area contributed by atoms with Crippen LogP contribution < -0.4 is 5.73 Å². The number of nitrogens with zero attached hydrogens (tertiary/aromatic N) is 3. The summed E-state index contributed by atoms with van der Waals surface area (Å²) < 4.78 is 39.6. The molecule has 7 nitrogen and oxygen atoms in total. The first-order valence-corrected chi connectivity index (χ1v) is 11.3. The lowest BCUT2D eigenvalue weighted by atomic mass is 10.1. The maximum atomic E-state index is 14.1. The number of sulfone groups is 1. The Labute approximate surface area is 171 Å². The Bertz CT molecular complexity index is 1260. The van der Waals surface area contributed by atoms with E-state index in [4.69, 9.17) is 5.73 Å². The van der Waals surface area contributed by atoms with Gasteiger partial charge in [0, 0.05) is 18.5 Å². The first-order chi connectivity index (χ1) is 13.6. The molecule has 1 aliphatic rings. The average molecular weight is 435 g/mol. The number of hydrogen-bond acceptors (Lipinski definition) is 7. The van der Waals surface area contributed by atoms with Gasteiger partial charge < -0.3 is 10.6 Å². The smallest absolute Gasteiger partial charge is 0.266 e. The topological polar surface area (TPSA) is 106 Å². The van der Waals surface area contributed by atoms with Gasteiger partial charge in [0.2, 0.25) is 0 Å². The molecule has 152 valence electrons. The monoisotopic (exact) mass is 434 g/mol. The Hall–Kier alpha value is -2.59. The number of amides is 1. The van der Waals surface area contributed by atoms with Crippen molar-refractivity contribution in [1.82, 2.24) is 15.1 Å². The van der Waals surface area contributed by atoms with Crippen molar-refractivity contribution in [1.29, 1.82) is 0 Å². The van der Waals surface area contributed by atoms with Crippen molar-refractivity contribution in [2.45, 2.75) is 30.9 Å². The molecule has 4 rings (SSSR count). The highest BCUT2D eigenvalue weighted by molar-refractivity contribution is 7.92. The molecule has 0 atom stereocenters. The first-order valence-electron chi connectivity index (χ1n) is 8.92. The summed E-state index contributed by atoms with van der Waals surface area (Å²) in [6.07, 6.45) is 0. The van der Waals surface area contributed by atoms with E-state index < -0.39 is 20.9 Å². The number of fused-ring (bicyclic) bond motifs is 1. The fourth-order valence-corrected chi connectivity index (χ4v) is 6.13. The molecule has 0 spiro atoms. The van der Waals surface area contributed by atoms with Crippen LogP contribution in [0, 0.1) is 26.6 Å². The van der Waals surface area contributed by atoms with Gasteiger partial charge >= 0.3 is 0 Å². The van der Waals surface area contributed by atoms with Crippen molar-refractivity contribution in [3.8, 4) is 0 Å². The molecule has 2 aromatic heterocycles. The zero-order valence-electron chi connectivity index (χ0n) is 16.1. The van der Waals surface area contributed by atoms with Crippen LogP contribution in [0.1, 0.15) is 26.5 Å². The van der Waals surface area contributed by atoms with Crippen LogP contribution in [0.2, 0.25) is 0 Å². The third-order valence-electron chi connectivity index (χ3n) is 5.30. The Morgan fingerprint density at radius 3 is 2.59 bits per heavy atom. The fourth-order valence-electron chi connectivity index (χ4n) is 3.36. The van der Waals surface area contributed by atoms with Crippen LogP contribution in [0.3, 0.4) is 0 Å². The van der Waals surface area contributed by atoms with E-state index in [2.05, 4.69) is 10.2 Å². The largest absolute Gasteiger partial charge is 0.397 e. The number of rotatable bonds is 3. The molecule has 1 amide bonds. The highest BCUT2D eigenvalue weighted by Gasteiger charge is 2.42. The predicted molar refractivity (Wildman–Crippen MR) is 109 cm³/mol. The van der Waals surface area contributed by atoms with Crippen LogP contribution in [0.25, 0.3) is 10.2 Å². The lowest BCUT2D eigenvalue weighted by molar-refractivity contribution is 0.0665. The molecule has 3 aromatic rings. The van der Waals surface area contributed by atoms with Crippen molar-refractivity contribution in [2.24, 2.45) is 0 Å². The summed E-state index contributed by atoms with van der Waals surface area (Å²) in [5.41, 5.74) is 8.77. The number of nitrogen functional groups attached to an aromatic ring is 1. The molecule has 1 aliphatic heterocycles. The summed E-state index contributed by atoms with van der Waals surface area (Å²) in [5, 5.41) is 8.02. The highest BCUT2D eigenvalue weighted by atomic mass is 32.2. The summed E-state index contributed by atoms with van der Waals surface area (Å²) in [6.45, 7) is 5.35. The van der Waals surface area contributed by atoms with Crippen LogP contribution in [0.4, 0.5) is 10.1 Å². The summed E-state index contributed by atoms with van der Waals surface area (Å²) >= 11 is 1.14. The van der Waals surface area contributed by atoms with Crippen molar-refractivity contribution in [3.05, 3.63) is 45.7 Å². The maximum absolute atomic E-state index is 14.1. The minimum atomic E-state index is -3.86. The highest BCUT2D eigenvalue weighted by Crippen LogP contribution is 2.37. The summed E-state index contributed by atoms with van der Waals surface area (Å²) in [7, 11) is -3.86. The Kier molecular flexibility index (Phi) is 4.58. The summed E-state index contributed by atoms with van der Waals surface area (Å²) in [4.78, 5) is 14.8. The van der Waals surface area contributed by atoms with Crippen molar-refractivity contribution < 1.29 is 17.6 Å². The molecular weight excluding hydrogens is 415 g/mol. The number of halogens is 1. The van der Waals surface area contributed by atoms with Gasteiger partial charge in [-0.2, -0.15) is 5.10 Å². The number of likely N-dealkylation sites (tertiary alicyclic amines) is 1. The van der Waals surface area contributed by atoms with Crippen molar-refractivity contribution in [2.75, 3.05) is 18.8 Å². The zero-order chi connectivity index (χ0) is 21.1. The van der Waals surface area contributed by atoms with Gasteiger partial charge in [-0.25, -0.2) is 12.8 Å². The van der Waals surface area contributed by atoms with E-state index >= 15 is 0 Å². The van der Waals surface area contributed by atoms with Crippen LogP contribution in [-0.2, 0) is 9.84 Å². The Morgan fingerprint density at radius 2 is 1.93 bits per heavy atom. The van der Waals surface area contributed by atoms with E-state index in [1.807, 2.05) is 13.8 Å². The second kappa shape index (κ2) is 6.74. The van der Waals surface area contributed by atoms with Crippen LogP contribution in [0.15, 0.2) is 23.1 Å². The fraction of sp³-hybridized carbons (Fsp3) is 0.316. The van der Waals surface area contributed by atoms with E-state index in [1.165, 1.54) is 17.0 Å². The maximum Gasteiger partial charge on any atom is 0.266 e. The van der Waals surface area contributed by atoms with Gasteiger partial charge in [0.1, 0.15) is 25.7 Å². The molecular formula is C19H19FN4O3S2. The van der Waals surface area contributed by atoms with E-state index in [-0.39, 0.29) is 23.9 Å². The van der Waals surface area contributed by atoms with Gasteiger partial charge in [-0.15, -0.1) is 16.4 Å². The lowest BCUT2D eigenvalue weighted by Gasteiger charge is -2.38. The van der Waals surface area contributed by atoms with E-state index in [0.29, 0.717) is 26.3 Å². The lowest BCUT2D eigenvalue weighted by Crippen LogP contribution is -2.56. The molecule has 0 unspecified atom stereocenters. The van der Waals surface area contributed by atoms with Crippen LogP contribution in [0.5, 0.6) is 0 Å². The average Bonchev–Trinajstić information content (AvgIpc) is 2.93. The number of carbonyl (C=O) groups excluding carboxylic acids is 1. The SMILES string of the molecule is Cc1ccc(S(=O)(=O)C2CN(C(=O)c3sc4nnc(C)c(C)c4c3N)C2)c(F)c1. The molecule has 10 heteroatoms. The van der Waals surface area contributed by atoms with Gasteiger partial charge in [-0.05, 0) is 44.0 Å². The Morgan fingerprint density at radius 1 is 1.24 bits per heavy atom. The predicted octanol–water partition coefficient (Wildman–Crippen LogP) is 2.64. The second-order valence-corrected chi connectivity index (χ2v) is 10.4. The van der Waals surface area contributed by atoms with Crippen molar-refractivity contribution >= 4 is 43.0 Å². The molecule has 3 heterocycles. The summed E-state index contributed by atoms with van der Waals surface area (Å²) in [5.74, 6) is -1.12. The minimum Gasteiger partial charge on any atom is -0.397 e. The molecule has 0 saturated carbocycles. The van der Waals surface area contributed by atoms with Gasteiger partial charge in [0.25, 0.3) is 5.91 Å². The molecule has 0 aliphatic carbocycles. The van der Waals surface area contributed by atoms with E-state index in [9.17, 15) is 17.6 Å². The number of anilines is 1. The number of hydrogen-bond donors (Lipinski definition) is 1. The normalized spacial score (nSPS) is 15.0. The van der Waals surface area contributed by atoms with Gasteiger partial charge in [0.05, 0.1) is 11.4 Å². The second-order valence-electron chi connectivity index (χ2n) is 7.25. The third kappa shape index (κ3) is 3.06. The van der Waals surface area contributed by atoms with Crippen LogP contribution in [-0.4, -0.2) is 47.8 Å². The third-order valence-corrected chi connectivity index (χ3v) is 8.50. The number of thiophene rings is 1. The molecule has 1 aromatic carbocycles. The molecule has 0 bridgehead atoms. The number of nitrogens with two attached hydrogens (primary N) is 1. The molecule has 0 radical (unpaired) electrons. The van der Waals surface area contributed by atoms with Crippen LogP contribution >= 0.6 is 11.3 Å². The summed E-state index contributed by atoms with van der Waals surface area (Å²) in [6, 6.07) is 4.02. The molecule has 1 saturated heterocycles. The number of benzene rings is 1. The molecule has 1 fully saturated rings. The van der Waals surface area contributed by atoms with E-state index in [0.717, 1.165) is 22.6 Å². The first kappa shape index (κ1) is 19.7. The quantitative estimate of drug-likeness (QED) is 0.679. The minimum absolute atomic E-state index is 0.00808. The van der Waals surface area contributed by atoms with Crippen molar-refractivity contribution in [3.63, 3.8) is 0 Å². The number of carbonyl (C=O) groups is 1. The number of aryl methyl sites for hydroxylation is 3. The zero-order valence-corrected chi connectivity index (χ0v) is 17.7. The van der Waals surface area contributed by atoms with Gasteiger partial charge in [-0.3, -0.25) is 4.79 Å². The Balaban J connectivity index is 1.57.